The third-order valence-electron chi connectivity index (χ3n) is 15.5. The lowest BCUT2D eigenvalue weighted by Gasteiger charge is -2.63. The van der Waals surface area contributed by atoms with Crippen LogP contribution in [-0.2, 0) is 45.3 Å². The van der Waals surface area contributed by atoms with Crippen LogP contribution in [0.15, 0.2) is 70.3 Å². The highest BCUT2D eigenvalue weighted by atomic mass is 32.2. The first-order valence-corrected chi connectivity index (χ1v) is 22.7. The topological polar surface area (TPSA) is 134 Å². The zero-order chi connectivity index (χ0) is 42.5. The van der Waals surface area contributed by atoms with Gasteiger partial charge in [0.2, 0.25) is 5.60 Å². The third-order valence-corrected chi connectivity index (χ3v) is 16.4. The number of H-pyrrole nitrogens is 1. The van der Waals surface area contributed by atoms with Gasteiger partial charge in [-0.3, -0.25) is 19.4 Å². The van der Waals surface area contributed by atoms with Crippen molar-refractivity contribution in [1.29, 1.82) is 0 Å². The van der Waals surface area contributed by atoms with Crippen molar-refractivity contribution in [3.63, 3.8) is 0 Å². The van der Waals surface area contributed by atoms with Crippen molar-refractivity contribution in [2.75, 3.05) is 60.3 Å². The van der Waals surface area contributed by atoms with Crippen LogP contribution >= 0.6 is 11.8 Å². The molecular formula is C47H60N4O8S. The van der Waals surface area contributed by atoms with E-state index in [1.165, 1.54) is 31.6 Å². The number of benzene rings is 1. The number of likely N-dealkylation sites (tertiary alicyclic amines) is 1. The summed E-state index contributed by atoms with van der Waals surface area (Å²) in [5, 5.41) is 14.5. The summed E-state index contributed by atoms with van der Waals surface area (Å²) in [6, 6.07) is 5.43. The fourth-order valence-corrected chi connectivity index (χ4v) is 14.3. The van der Waals surface area contributed by atoms with E-state index in [0.717, 1.165) is 58.7 Å². The second-order valence-corrected chi connectivity index (χ2v) is 19.5. The highest BCUT2D eigenvalue weighted by Crippen LogP contribution is 2.70. The number of fused-ring (bicyclic) bond motifs is 6. The molecule has 60 heavy (non-hydrogen) atoms. The molecule has 9 rings (SSSR count). The van der Waals surface area contributed by atoms with Crippen LogP contribution in [0.1, 0.15) is 64.6 Å². The molecule has 0 amide bonds. The summed E-state index contributed by atoms with van der Waals surface area (Å²) in [6.45, 7) is 11.5. The number of likely N-dealkylation sites (N-methyl/N-ethyl adjacent to an activating group) is 1. The summed E-state index contributed by atoms with van der Waals surface area (Å²) in [7, 11) is 6.36. The van der Waals surface area contributed by atoms with Crippen molar-refractivity contribution in [1.82, 2.24) is 19.7 Å². The van der Waals surface area contributed by atoms with Gasteiger partial charge in [0.15, 0.2) is 6.10 Å². The summed E-state index contributed by atoms with van der Waals surface area (Å²) in [5.41, 5.74) is 0.810. The molecule has 13 heteroatoms. The number of hydrogen-bond donors (Lipinski definition) is 2. The normalized spacial score (nSPS) is 37.7. The fraction of sp³-hybridized carbons (Fsp3) is 0.596. The molecule has 7 aliphatic rings. The smallest absolute Gasteiger partial charge is 0.344 e. The molecule has 3 unspecified atom stereocenters. The van der Waals surface area contributed by atoms with E-state index in [0.29, 0.717) is 38.9 Å². The van der Waals surface area contributed by atoms with Crippen molar-refractivity contribution in [2.24, 2.45) is 22.7 Å². The minimum Gasteiger partial charge on any atom is -0.468 e. The number of esters is 3. The van der Waals surface area contributed by atoms with Gasteiger partial charge in [0, 0.05) is 97.2 Å². The number of methoxy groups -OCH3 is 3. The van der Waals surface area contributed by atoms with E-state index in [-0.39, 0.29) is 17.9 Å². The number of nitrogens with zero attached hydrogens (tertiary/aromatic N) is 3. The van der Waals surface area contributed by atoms with Gasteiger partial charge in [-0.2, -0.15) is 0 Å². The first kappa shape index (κ1) is 41.5. The molecule has 0 radical (unpaired) electrons. The summed E-state index contributed by atoms with van der Waals surface area (Å²) >= 11 is 1.80. The van der Waals surface area contributed by atoms with Gasteiger partial charge >= 0.3 is 17.9 Å². The van der Waals surface area contributed by atoms with Gasteiger partial charge in [0.05, 0.1) is 26.4 Å². The standard InChI is InChI=1S/C47H60N4O8S/c1-9-28-19-29-23-46(42(53)57-7,38-32(26-50(24-28)25-29)31-20-30(60-11-3)13-14-35(31)48-38)34-21-33-36(22-37(34)56-6)49(5)40-45(33)16-18-51-17-12-15-44(10-2,39(45)51)41(59-27(4)52)47(40,55)43(54)58-8/h12-15,19-22,29,34,37,39-41,48,55H,9-11,16-18,23-26H2,1-8H3/t29-,34?,37?,39+,40-,41-,44-,45-,46+,47+/m1/s1. The minimum atomic E-state index is -2.26. The van der Waals surface area contributed by atoms with Crippen LogP contribution in [-0.4, -0.2) is 133 Å². The van der Waals surface area contributed by atoms with Gasteiger partial charge in [-0.15, -0.1) is 11.8 Å². The highest BCUT2D eigenvalue weighted by Gasteiger charge is 2.81. The number of thioether (sulfide) groups is 1. The molecule has 1 aromatic carbocycles. The predicted octanol–water partition coefficient (Wildman–Crippen LogP) is 5.51. The van der Waals surface area contributed by atoms with Crippen LogP contribution in [0, 0.1) is 22.7 Å². The number of aromatic amines is 1. The van der Waals surface area contributed by atoms with Crippen LogP contribution in [0.3, 0.4) is 0 Å². The molecule has 322 valence electrons. The molecule has 5 aliphatic heterocycles. The van der Waals surface area contributed by atoms with E-state index in [1.807, 2.05) is 18.9 Å². The van der Waals surface area contributed by atoms with Crippen molar-refractivity contribution < 1.29 is 38.4 Å². The number of carbonyl (C=O) groups is 3. The minimum absolute atomic E-state index is 0.0544. The average molecular weight is 841 g/mol. The Labute approximate surface area is 357 Å². The number of allylic oxidation sites excluding steroid dienone is 1. The van der Waals surface area contributed by atoms with Crippen molar-refractivity contribution in [3.8, 4) is 0 Å². The Bertz CT molecular complexity index is 2250. The number of carbonyl (C=O) groups excluding carboxylic acids is 3. The molecule has 3 fully saturated rings. The van der Waals surface area contributed by atoms with Gasteiger partial charge < -0.3 is 33.9 Å². The highest BCUT2D eigenvalue weighted by molar-refractivity contribution is 7.99. The SMILES string of the molecule is CCSc1ccc2[nH]c3c(c2c1)CN1CC(CC)=C[C@@H](C1)C[C@]3(C(=O)OC)C1C=C2C(=CC1OC)N(C)[C@H]1[C@@](O)(C(=O)OC)[C@H](OC(C)=O)[C@]3(CC)C=CCN4CC[C@]21[C@@H]43. The average Bonchev–Trinajstić information content (AvgIpc) is 3.89. The largest absolute Gasteiger partial charge is 0.468 e. The first-order chi connectivity index (χ1) is 28.8. The van der Waals surface area contributed by atoms with Crippen LogP contribution in [0.2, 0.25) is 0 Å². The second kappa shape index (κ2) is 14.9. The fourth-order valence-electron chi connectivity index (χ4n) is 13.6. The van der Waals surface area contributed by atoms with Crippen molar-refractivity contribution >= 4 is 40.6 Å². The van der Waals surface area contributed by atoms with Gasteiger partial charge in [0.1, 0.15) is 5.41 Å². The van der Waals surface area contributed by atoms with Gasteiger partial charge in [-0.25, -0.2) is 4.79 Å². The molecule has 2 bridgehead atoms. The summed E-state index contributed by atoms with van der Waals surface area (Å²) in [6.07, 6.45) is 11.6. The van der Waals surface area contributed by atoms with E-state index < -0.39 is 58.0 Å². The van der Waals surface area contributed by atoms with E-state index in [2.05, 4.69) is 77.2 Å². The zero-order valence-corrected chi connectivity index (χ0v) is 37.0. The van der Waals surface area contributed by atoms with Crippen LogP contribution < -0.4 is 0 Å². The Hall–Kier alpha value is -3.88. The summed E-state index contributed by atoms with van der Waals surface area (Å²) in [4.78, 5) is 54.8. The molecule has 1 aromatic heterocycles. The number of hydrogen-bond acceptors (Lipinski definition) is 12. The molecule has 12 nitrogen and oxygen atoms in total. The summed E-state index contributed by atoms with van der Waals surface area (Å²) < 4.78 is 24.2. The van der Waals surface area contributed by atoms with Gasteiger partial charge in [-0.1, -0.05) is 50.6 Å². The Balaban J connectivity index is 1.33. The molecule has 1 spiro atoms. The Kier molecular flexibility index (Phi) is 10.3. The predicted molar refractivity (Wildman–Crippen MR) is 229 cm³/mol. The summed E-state index contributed by atoms with van der Waals surface area (Å²) in [5.74, 6) is -1.31. The van der Waals surface area contributed by atoms with E-state index in [9.17, 15) is 14.7 Å². The van der Waals surface area contributed by atoms with Crippen LogP contribution in [0.5, 0.6) is 0 Å². The van der Waals surface area contributed by atoms with Gasteiger partial charge in [0.25, 0.3) is 0 Å². The number of nitrogens with one attached hydrogen (secondary N) is 1. The number of rotatable bonds is 9. The number of ether oxygens (including phenoxy) is 4. The lowest BCUT2D eigenvalue weighted by molar-refractivity contribution is -0.243. The molecule has 11 atom stereocenters. The van der Waals surface area contributed by atoms with Crippen molar-refractivity contribution in [2.45, 2.75) is 100 Å². The molecule has 2 aliphatic carbocycles. The zero-order valence-electron chi connectivity index (χ0n) is 36.2. The Morgan fingerprint density at radius 1 is 1.02 bits per heavy atom. The lowest BCUT2D eigenvalue weighted by atomic mass is 9.47. The maximum Gasteiger partial charge on any atom is 0.344 e. The Morgan fingerprint density at radius 3 is 2.48 bits per heavy atom. The maximum atomic E-state index is 15.4. The molecule has 6 heterocycles. The number of aromatic nitrogens is 1. The van der Waals surface area contributed by atoms with Gasteiger partial charge in [-0.05, 0) is 79.3 Å². The monoisotopic (exact) mass is 840 g/mol. The quantitative estimate of drug-likeness (QED) is 0.143. The van der Waals surface area contributed by atoms with Crippen molar-refractivity contribution in [3.05, 3.63) is 76.7 Å². The molecular weight excluding hydrogens is 781 g/mol. The van der Waals surface area contributed by atoms with E-state index in [1.54, 1.807) is 18.9 Å². The van der Waals surface area contributed by atoms with Crippen LogP contribution in [0.4, 0.5) is 0 Å². The number of aliphatic hydroxyl groups is 1. The molecule has 1 saturated carbocycles. The molecule has 2 aromatic rings. The molecule has 2 N–H and O–H groups in total. The lowest BCUT2D eigenvalue weighted by Crippen LogP contribution is -2.79. The van der Waals surface area contributed by atoms with E-state index in [4.69, 9.17) is 18.9 Å². The van der Waals surface area contributed by atoms with E-state index >= 15 is 4.79 Å². The second-order valence-electron chi connectivity index (χ2n) is 18.1. The maximum absolute atomic E-state index is 15.4. The Morgan fingerprint density at radius 2 is 1.80 bits per heavy atom. The third kappa shape index (κ3) is 5.47. The van der Waals surface area contributed by atoms with Crippen LogP contribution in [0.25, 0.3) is 10.9 Å². The molecule has 2 saturated heterocycles. The first-order valence-electron chi connectivity index (χ1n) is 21.7.